The summed E-state index contributed by atoms with van der Waals surface area (Å²) < 4.78 is 29.3. The maximum absolute atomic E-state index is 14.0. The van der Waals surface area contributed by atoms with Crippen LogP contribution in [0.25, 0.3) is 5.69 Å². The number of hydrogen-bond acceptors (Lipinski definition) is 2. The van der Waals surface area contributed by atoms with E-state index < -0.39 is 18.2 Å². The summed E-state index contributed by atoms with van der Waals surface area (Å²) >= 11 is 0. The van der Waals surface area contributed by atoms with Crippen molar-refractivity contribution in [1.29, 1.82) is 0 Å². The van der Waals surface area contributed by atoms with Gasteiger partial charge < -0.3 is 5.11 Å². The highest BCUT2D eigenvalue weighted by atomic mass is 19.1. The molecule has 0 amide bonds. The van der Waals surface area contributed by atoms with Crippen molar-refractivity contribution in [2.45, 2.75) is 33.8 Å². The number of aliphatic hydroxyl groups excluding tert-OH is 1. The summed E-state index contributed by atoms with van der Waals surface area (Å²) in [5, 5.41) is 13.1. The van der Waals surface area contributed by atoms with Gasteiger partial charge in [-0.05, 0) is 43.5 Å². The highest BCUT2D eigenvalue weighted by Crippen LogP contribution is 2.24. The number of aryl methyl sites for hydroxylation is 1. The number of benzene rings is 1. The second-order valence-electron chi connectivity index (χ2n) is 4.48. The molecule has 0 saturated heterocycles. The molecular formula is C14H16F2N2O. The maximum Gasteiger partial charge on any atom is 0.152 e. The van der Waals surface area contributed by atoms with E-state index in [0.29, 0.717) is 0 Å². The third kappa shape index (κ3) is 2.26. The topological polar surface area (TPSA) is 38.0 Å². The van der Waals surface area contributed by atoms with Crippen LogP contribution in [0.15, 0.2) is 12.1 Å². The van der Waals surface area contributed by atoms with Crippen LogP contribution in [-0.4, -0.2) is 14.9 Å². The number of hydrogen-bond donors (Lipinski definition) is 1. The van der Waals surface area contributed by atoms with Gasteiger partial charge in [0.2, 0.25) is 0 Å². The van der Waals surface area contributed by atoms with E-state index in [2.05, 4.69) is 5.10 Å². The van der Waals surface area contributed by atoms with Gasteiger partial charge in [-0.15, -0.1) is 0 Å². The molecule has 2 rings (SSSR count). The van der Waals surface area contributed by atoms with Crippen molar-refractivity contribution in [3.05, 3.63) is 46.3 Å². The molecule has 0 radical (unpaired) electrons. The van der Waals surface area contributed by atoms with E-state index in [-0.39, 0.29) is 11.3 Å². The summed E-state index contributed by atoms with van der Waals surface area (Å²) in [6.45, 7) is 5.19. The van der Waals surface area contributed by atoms with Crippen LogP contribution in [0, 0.1) is 25.5 Å². The van der Waals surface area contributed by atoms with Gasteiger partial charge in [0.05, 0.1) is 12.3 Å². The van der Waals surface area contributed by atoms with Crippen molar-refractivity contribution in [2.24, 2.45) is 0 Å². The zero-order chi connectivity index (χ0) is 14.2. The van der Waals surface area contributed by atoms with Crippen molar-refractivity contribution in [3.63, 3.8) is 0 Å². The molecule has 0 atom stereocenters. The summed E-state index contributed by atoms with van der Waals surface area (Å²) in [5.74, 6) is -1.45. The van der Waals surface area contributed by atoms with Gasteiger partial charge in [-0.2, -0.15) is 5.10 Å². The molecule has 3 nitrogen and oxygen atoms in total. The smallest absolute Gasteiger partial charge is 0.152 e. The quantitative estimate of drug-likeness (QED) is 0.927. The van der Waals surface area contributed by atoms with E-state index in [1.807, 2.05) is 13.8 Å². The fraction of sp³-hybridized carbons (Fsp3) is 0.357. The van der Waals surface area contributed by atoms with E-state index in [4.69, 9.17) is 5.11 Å². The van der Waals surface area contributed by atoms with Crippen LogP contribution in [-0.2, 0) is 13.0 Å². The molecule has 1 aromatic heterocycles. The van der Waals surface area contributed by atoms with E-state index in [0.717, 1.165) is 35.5 Å². The molecule has 0 bridgehead atoms. The largest absolute Gasteiger partial charge is 0.392 e. The summed E-state index contributed by atoms with van der Waals surface area (Å²) in [6.07, 6.45) is 0.760. The molecule has 1 N–H and O–H groups in total. The first kappa shape index (κ1) is 13.7. The molecule has 0 fully saturated rings. The molecule has 102 valence electrons. The lowest BCUT2D eigenvalue weighted by molar-refractivity contribution is 0.280. The summed E-state index contributed by atoms with van der Waals surface area (Å²) in [4.78, 5) is 0. The third-order valence-corrected chi connectivity index (χ3v) is 3.27. The minimum atomic E-state index is -0.725. The lowest BCUT2D eigenvalue weighted by Gasteiger charge is -2.09. The Morgan fingerprint density at radius 3 is 2.21 bits per heavy atom. The number of halogens is 2. The van der Waals surface area contributed by atoms with Gasteiger partial charge in [0.25, 0.3) is 0 Å². The SMILES string of the molecule is CCc1c(C)nn(-c2c(F)cc(CO)cc2F)c1C. The first-order valence-electron chi connectivity index (χ1n) is 6.13. The molecule has 19 heavy (non-hydrogen) atoms. The van der Waals surface area contributed by atoms with Crippen LogP contribution >= 0.6 is 0 Å². The third-order valence-electron chi connectivity index (χ3n) is 3.27. The minimum Gasteiger partial charge on any atom is -0.392 e. The van der Waals surface area contributed by atoms with Gasteiger partial charge in [0, 0.05) is 5.69 Å². The summed E-state index contributed by atoms with van der Waals surface area (Å²) in [5.41, 5.74) is 2.50. The number of rotatable bonds is 3. The zero-order valence-electron chi connectivity index (χ0n) is 11.2. The molecule has 0 aliphatic rings. The fourth-order valence-electron chi connectivity index (χ4n) is 2.32. The minimum absolute atomic E-state index is 0.197. The Morgan fingerprint density at radius 2 is 1.79 bits per heavy atom. The van der Waals surface area contributed by atoms with Gasteiger partial charge in [0.1, 0.15) is 5.69 Å². The Kier molecular flexibility index (Phi) is 3.66. The Balaban J connectivity index is 2.66. The fourth-order valence-corrected chi connectivity index (χ4v) is 2.32. The molecule has 0 aliphatic heterocycles. The van der Waals surface area contributed by atoms with Crippen LogP contribution in [0.5, 0.6) is 0 Å². The second kappa shape index (κ2) is 5.09. The average Bonchev–Trinajstić information content (AvgIpc) is 2.63. The van der Waals surface area contributed by atoms with Gasteiger partial charge in [-0.25, -0.2) is 13.5 Å². The number of aliphatic hydroxyl groups is 1. The van der Waals surface area contributed by atoms with Crippen LogP contribution in [0.2, 0.25) is 0 Å². The van der Waals surface area contributed by atoms with Crippen molar-refractivity contribution in [1.82, 2.24) is 9.78 Å². The molecule has 1 heterocycles. The molecule has 2 aromatic rings. The van der Waals surface area contributed by atoms with Gasteiger partial charge >= 0.3 is 0 Å². The Bertz CT molecular complexity index is 597. The first-order chi connectivity index (χ1) is 8.99. The van der Waals surface area contributed by atoms with Crippen LogP contribution in [0.1, 0.15) is 29.4 Å². The Labute approximate surface area is 110 Å². The van der Waals surface area contributed by atoms with Crippen molar-refractivity contribution in [2.75, 3.05) is 0 Å². The maximum atomic E-state index is 14.0. The highest BCUT2D eigenvalue weighted by molar-refractivity contribution is 5.41. The van der Waals surface area contributed by atoms with Crippen LogP contribution in [0.3, 0.4) is 0 Å². The molecule has 5 heteroatoms. The average molecular weight is 266 g/mol. The Morgan fingerprint density at radius 1 is 1.21 bits per heavy atom. The van der Waals surface area contributed by atoms with Gasteiger partial charge in [0.15, 0.2) is 11.6 Å². The zero-order valence-corrected chi connectivity index (χ0v) is 11.2. The normalized spacial score (nSPS) is 11.1. The summed E-state index contributed by atoms with van der Waals surface area (Å²) in [7, 11) is 0. The summed E-state index contributed by atoms with van der Waals surface area (Å²) in [6, 6.07) is 2.25. The van der Waals surface area contributed by atoms with Crippen LogP contribution < -0.4 is 0 Å². The van der Waals surface area contributed by atoms with Crippen molar-refractivity contribution in [3.8, 4) is 5.69 Å². The van der Waals surface area contributed by atoms with E-state index in [1.165, 1.54) is 4.68 Å². The van der Waals surface area contributed by atoms with E-state index in [9.17, 15) is 8.78 Å². The monoisotopic (exact) mass is 266 g/mol. The second-order valence-corrected chi connectivity index (χ2v) is 4.48. The molecule has 0 spiro atoms. The van der Waals surface area contributed by atoms with Gasteiger partial charge in [-0.3, -0.25) is 0 Å². The van der Waals surface area contributed by atoms with E-state index >= 15 is 0 Å². The van der Waals surface area contributed by atoms with E-state index in [1.54, 1.807) is 6.92 Å². The van der Waals surface area contributed by atoms with Crippen molar-refractivity contribution < 1.29 is 13.9 Å². The van der Waals surface area contributed by atoms with Crippen LogP contribution in [0.4, 0.5) is 8.78 Å². The number of aromatic nitrogens is 2. The molecular weight excluding hydrogens is 250 g/mol. The van der Waals surface area contributed by atoms with Gasteiger partial charge in [-0.1, -0.05) is 6.92 Å². The predicted molar refractivity (Wildman–Crippen MR) is 68.3 cm³/mol. The highest BCUT2D eigenvalue weighted by Gasteiger charge is 2.18. The predicted octanol–water partition coefficient (Wildman–Crippen LogP) is 2.82. The standard InChI is InChI=1S/C14H16F2N2O/c1-4-11-8(2)17-18(9(11)3)14-12(15)5-10(7-19)6-13(14)16/h5-6,19H,4,7H2,1-3H3. The van der Waals surface area contributed by atoms with Crippen molar-refractivity contribution >= 4 is 0 Å². The molecule has 1 aromatic carbocycles. The lowest BCUT2D eigenvalue weighted by atomic mass is 10.1. The molecule has 0 aliphatic carbocycles. The molecule has 0 unspecified atom stereocenters. The number of nitrogens with zero attached hydrogens (tertiary/aromatic N) is 2. The Hall–Kier alpha value is -1.75. The first-order valence-corrected chi connectivity index (χ1v) is 6.13. The molecule has 0 saturated carbocycles. The lowest BCUT2D eigenvalue weighted by Crippen LogP contribution is -2.07.